The number of halogens is 1. The van der Waals surface area contributed by atoms with E-state index in [0.29, 0.717) is 6.54 Å². The monoisotopic (exact) mass is 454 g/mol. The molecule has 0 saturated carbocycles. The molecule has 1 N–H and O–H groups in total. The fraction of sp³-hybridized carbons (Fsp3) is 0.346. The van der Waals surface area contributed by atoms with Crippen molar-refractivity contribution < 1.29 is 23.5 Å². The predicted molar refractivity (Wildman–Crippen MR) is 125 cm³/mol. The van der Waals surface area contributed by atoms with Gasteiger partial charge in [0.15, 0.2) is 5.78 Å². The molecule has 1 unspecified atom stereocenters. The topological polar surface area (TPSA) is 75.7 Å². The summed E-state index contributed by atoms with van der Waals surface area (Å²) in [5, 5.41) is 3.02. The van der Waals surface area contributed by atoms with Gasteiger partial charge < -0.3 is 10.1 Å². The highest BCUT2D eigenvalue weighted by Gasteiger charge is 2.29. The Morgan fingerprint density at radius 3 is 2.30 bits per heavy atom. The van der Waals surface area contributed by atoms with Crippen LogP contribution in [0, 0.1) is 12.7 Å². The molecular formula is C26H31FN2O4. The number of nitrogens with one attached hydrogen (secondary N) is 1. The molecule has 0 heterocycles. The summed E-state index contributed by atoms with van der Waals surface area (Å²) in [6.07, 6.45) is 2.13. The van der Waals surface area contributed by atoms with E-state index in [4.69, 9.17) is 4.74 Å². The molecule has 0 aliphatic carbocycles. The number of carbonyl (C=O) groups excluding carboxylic acids is 3. The third-order valence-electron chi connectivity index (χ3n) is 4.86. The van der Waals surface area contributed by atoms with Gasteiger partial charge in [-0.15, -0.1) is 0 Å². The zero-order valence-electron chi connectivity index (χ0n) is 19.7. The number of hydrogen-bond acceptors (Lipinski definition) is 5. The molecule has 33 heavy (non-hydrogen) atoms. The van der Waals surface area contributed by atoms with Gasteiger partial charge >= 0.3 is 5.97 Å². The molecule has 0 fully saturated rings. The third-order valence-corrected chi connectivity index (χ3v) is 4.86. The van der Waals surface area contributed by atoms with Gasteiger partial charge in [-0.2, -0.15) is 0 Å². The smallest absolute Gasteiger partial charge is 0.330 e. The fourth-order valence-corrected chi connectivity index (χ4v) is 3.23. The van der Waals surface area contributed by atoms with Crippen LogP contribution in [0.3, 0.4) is 0 Å². The minimum absolute atomic E-state index is 0.0373. The van der Waals surface area contributed by atoms with Crippen LogP contribution in [0.2, 0.25) is 0 Å². The zero-order chi connectivity index (χ0) is 24.6. The number of hydrogen-bond donors (Lipinski definition) is 1. The number of esters is 1. The van der Waals surface area contributed by atoms with E-state index in [0.717, 1.165) is 23.3 Å². The van der Waals surface area contributed by atoms with E-state index in [9.17, 15) is 18.8 Å². The molecule has 2 aromatic carbocycles. The summed E-state index contributed by atoms with van der Waals surface area (Å²) >= 11 is 0. The van der Waals surface area contributed by atoms with Crippen LogP contribution in [0.1, 0.15) is 48.3 Å². The zero-order valence-corrected chi connectivity index (χ0v) is 19.7. The van der Waals surface area contributed by atoms with Crippen molar-refractivity contribution in [2.75, 3.05) is 20.2 Å². The lowest BCUT2D eigenvalue weighted by atomic mass is 9.98. The Labute approximate surface area is 194 Å². The van der Waals surface area contributed by atoms with E-state index in [1.165, 1.54) is 24.3 Å². The molecular weight excluding hydrogens is 423 g/mol. The van der Waals surface area contributed by atoms with Crippen LogP contribution in [0.5, 0.6) is 0 Å². The first kappa shape index (κ1) is 25.9. The summed E-state index contributed by atoms with van der Waals surface area (Å²) in [6.45, 7) is 8.05. The largest absolute Gasteiger partial charge is 0.461 e. The van der Waals surface area contributed by atoms with Crippen molar-refractivity contribution in [2.45, 2.75) is 39.3 Å². The van der Waals surface area contributed by atoms with Crippen LogP contribution in [0.4, 0.5) is 4.39 Å². The van der Waals surface area contributed by atoms with Crippen LogP contribution in [0.15, 0.2) is 60.7 Å². The number of rotatable bonds is 9. The Morgan fingerprint density at radius 2 is 1.70 bits per heavy atom. The van der Waals surface area contributed by atoms with E-state index >= 15 is 0 Å². The average Bonchev–Trinajstić information content (AvgIpc) is 2.73. The Hall–Kier alpha value is -3.32. The summed E-state index contributed by atoms with van der Waals surface area (Å²) in [5.41, 5.74) is 1.73. The van der Waals surface area contributed by atoms with E-state index in [1.807, 2.05) is 56.9 Å². The molecule has 7 heteroatoms. The van der Waals surface area contributed by atoms with Gasteiger partial charge in [0.25, 0.3) is 0 Å². The highest BCUT2D eigenvalue weighted by atomic mass is 19.1. The second-order valence-electron chi connectivity index (χ2n) is 8.85. The molecule has 176 valence electrons. The van der Waals surface area contributed by atoms with E-state index < -0.39 is 29.2 Å². The van der Waals surface area contributed by atoms with E-state index in [2.05, 4.69) is 5.32 Å². The van der Waals surface area contributed by atoms with Crippen LogP contribution in [-0.2, 0) is 14.3 Å². The lowest BCUT2D eigenvalue weighted by molar-refractivity contribution is -0.138. The molecule has 0 bridgehead atoms. The highest BCUT2D eigenvalue weighted by molar-refractivity contribution is 6.06. The lowest BCUT2D eigenvalue weighted by Gasteiger charge is -2.31. The van der Waals surface area contributed by atoms with Crippen molar-refractivity contribution in [3.8, 4) is 0 Å². The molecule has 0 saturated heterocycles. The van der Waals surface area contributed by atoms with Crippen LogP contribution >= 0.6 is 0 Å². The minimum Gasteiger partial charge on any atom is -0.461 e. The van der Waals surface area contributed by atoms with Crippen molar-refractivity contribution in [1.82, 2.24) is 10.2 Å². The summed E-state index contributed by atoms with van der Waals surface area (Å²) in [4.78, 5) is 38.9. The molecule has 2 aromatic rings. The standard InChI is InChI=1S/C26H31FN2O4/c1-18-8-6-7-9-21(18)24(25(32)28-26(2,3)4)29(5)16-17-33-23(31)15-14-22(30)19-10-12-20(27)13-11-19/h6-15,24H,16-17H2,1-5H3,(H,28,32). The van der Waals surface area contributed by atoms with Gasteiger partial charge in [-0.05, 0) is 76.2 Å². The van der Waals surface area contributed by atoms with Crippen molar-refractivity contribution in [2.24, 2.45) is 0 Å². The third kappa shape index (κ3) is 8.27. The van der Waals surface area contributed by atoms with Crippen molar-refractivity contribution >= 4 is 17.7 Å². The Bertz CT molecular complexity index is 1010. The first-order chi connectivity index (χ1) is 15.5. The Kier molecular flexibility index (Phi) is 9.05. The van der Waals surface area contributed by atoms with Gasteiger partial charge in [0, 0.05) is 23.7 Å². The maximum absolute atomic E-state index is 13.1. The number of ether oxygens (including phenoxy) is 1. The summed E-state index contributed by atoms with van der Waals surface area (Å²) < 4.78 is 18.2. The molecule has 1 atom stereocenters. The van der Waals surface area contributed by atoms with Crippen LogP contribution < -0.4 is 5.32 Å². The minimum atomic E-state index is -0.676. The summed E-state index contributed by atoms with van der Waals surface area (Å²) in [7, 11) is 1.79. The fourth-order valence-electron chi connectivity index (χ4n) is 3.23. The molecule has 0 spiro atoms. The van der Waals surface area contributed by atoms with Crippen molar-refractivity contribution in [3.05, 3.63) is 83.2 Å². The predicted octanol–water partition coefficient (Wildman–Crippen LogP) is 4.00. The van der Waals surface area contributed by atoms with Crippen LogP contribution in [-0.4, -0.2) is 48.3 Å². The summed E-state index contributed by atoms with van der Waals surface area (Å²) in [5.74, 6) is -1.69. The molecule has 0 aliphatic rings. The highest BCUT2D eigenvalue weighted by Crippen LogP contribution is 2.24. The van der Waals surface area contributed by atoms with Gasteiger partial charge in [-0.25, -0.2) is 9.18 Å². The number of ketones is 1. The Morgan fingerprint density at radius 1 is 1.06 bits per heavy atom. The number of likely N-dealkylation sites (N-methyl/N-ethyl adjacent to an activating group) is 1. The second-order valence-corrected chi connectivity index (χ2v) is 8.85. The number of allylic oxidation sites excluding steroid dienone is 1. The van der Waals surface area contributed by atoms with Gasteiger partial charge in [0.05, 0.1) is 0 Å². The molecule has 6 nitrogen and oxygen atoms in total. The first-order valence-corrected chi connectivity index (χ1v) is 10.7. The maximum Gasteiger partial charge on any atom is 0.330 e. The van der Waals surface area contributed by atoms with Gasteiger partial charge in [-0.1, -0.05) is 24.3 Å². The Balaban J connectivity index is 1.98. The van der Waals surface area contributed by atoms with E-state index in [-0.39, 0.29) is 18.1 Å². The maximum atomic E-state index is 13.1. The van der Waals surface area contributed by atoms with Gasteiger partial charge in [0.1, 0.15) is 18.5 Å². The van der Waals surface area contributed by atoms with Gasteiger partial charge in [-0.3, -0.25) is 14.5 Å². The quantitative estimate of drug-likeness (QED) is 0.352. The van der Waals surface area contributed by atoms with Crippen LogP contribution in [0.25, 0.3) is 0 Å². The van der Waals surface area contributed by atoms with E-state index in [1.54, 1.807) is 7.05 Å². The molecule has 0 aliphatic heterocycles. The molecule has 2 rings (SSSR count). The number of benzene rings is 2. The number of nitrogens with zero attached hydrogens (tertiary/aromatic N) is 1. The average molecular weight is 455 g/mol. The second kappa shape index (κ2) is 11.5. The van der Waals surface area contributed by atoms with Gasteiger partial charge in [0.2, 0.25) is 5.91 Å². The summed E-state index contributed by atoms with van der Waals surface area (Å²) in [6, 6.07) is 12.1. The molecule has 0 aromatic heterocycles. The first-order valence-electron chi connectivity index (χ1n) is 10.7. The molecule has 0 radical (unpaired) electrons. The van der Waals surface area contributed by atoms with Crippen molar-refractivity contribution in [3.63, 3.8) is 0 Å². The number of aryl methyl sites for hydroxylation is 1. The lowest BCUT2D eigenvalue weighted by Crippen LogP contribution is -2.47. The normalized spacial score (nSPS) is 12.6. The van der Waals surface area contributed by atoms with Crippen molar-refractivity contribution in [1.29, 1.82) is 0 Å². The molecule has 1 amide bonds. The number of carbonyl (C=O) groups is 3. The SMILES string of the molecule is Cc1ccccc1C(C(=O)NC(C)(C)C)N(C)CCOC(=O)C=CC(=O)c1ccc(F)cc1. The number of amides is 1.